The van der Waals surface area contributed by atoms with E-state index in [-0.39, 0.29) is 0 Å². The van der Waals surface area contributed by atoms with Crippen molar-refractivity contribution in [3.05, 3.63) is 40.6 Å². The van der Waals surface area contributed by atoms with Gasteiger partial charge in [0.1, 0.15) is 0 Å². The predicted octanol–water partition coefficient (Wildman–Crippen LogP) is 4.35. The van der Waals surface area contributed by atoms with E-state index in [1.165, 1.54) is 0 Å². The number of imidazole rings is 1. The van der Waals surface area contributed by atoms with Crippen LogP contribution in [-0.4, -0.2) is 9.55 Å². The molecular formula is C14H18BrN3. The lowest BCUT2D eigenvalue weighted by Crippen LogP contribution is -2.07. The van der Waals surface area contributed by atoms with Crippen LogP contribution in [0.2, 0.25) is 0 Å². The highest BCUT2D eigenvalue weighted by molar-refractivity contribution is 9.10. The van der Waals surface area contributed by atoms with E-state index >= 15 is 0 Å². The van der Waals surface area contributed by atoms with Crippen molar-refractivity contribution in [3.8, 4) is 0 Å². The summed E-state index contributed by atoms with van der Waals surface area (Å²) in [6.45, 7) is 7.39. The van der Waals surface area contributed by atoms with Crippen LogP contribution < -0.4 is 5.32 Å². The highest BCUT2D eigenvalue weighted by atomic mass is 79.9. The minimum atomic E-state index is 0.596. The van der Waals surface area contributed by atoms with Gasteiger partial charge in [-0.05, 0) is 40.9 Å². The van der Waals surface area contributed by atoms with Gasteiger partial charge in [-0.15, -0.1) is 0 Å². The third-order valence-electron chi connectivity index (χ3n) is 2.58. The molecule has 2 aromatic rings. The number of nitrogens with one attached hydrogen (secondary N) is 1. The van der Waals surface area contributed by atoms with Crippen LogP contribution in [0.3, 0.4) is 0 Å². The van der Waals surface area contributed by atoms with E-state index in [0.29, 0.717) is 5.92 Å². The summed E-state index contributed by atoms with van der Waals surface area (Å²) in [6.07, 6.45) is 2.08. The van der Waals surface area contributed by atoms with Gasteiger partial charge in [0, 0.05) is 17.2 Å². The molecule has 96 valence electrons. The van der Waals surface area contributed by atoms with Crippen molar-refractivity contribution in [1.82, 2.24) is 9.55 Å². The zero-order valence-corrected chi connectivity index (χ0v) is 12.5. The van der Waals surface area contributed by atoms with Crippen LogP contribution in [0, 0.1) is 12.8 Å². The quantitative estimate of drug-likeness (QED) is 0.910. The average Bonchev–Trinajstić information content (AvgIpc) is 2.61. The van der Waals surface area contributed by atoms with Gasteiger partial charge in [-0.3, -0.25) is 0 Å². The molecule has 0 fully saturated rings. The first-order chi connectivity index (χ1) is 8.56. The standard InChI is InChI=1S/C14H18BrN3/c1-10(2)8-18-9-11(3)16-14(18)17-13-7-5-4-6-12(13)15/h4-7,9-10H,8H2,1-3H3,(H,16,17). The van der Waals surface area contributed by atoms with E-state index in [1.54, 1.807) is 0 Å². The van der Waals surface area contributed by atoms with Gasteiger partial charge in [-0.2, -0.15) is 0 Å². The van der Waals surface area contributed by atoms with Gasteiger partial charge in [-0.25, -0.2) is 4.98 Å². The lowest BCUT2D eigenvalue weighted by Gasteiger charge is -2.12. The molecule has 0 unspecified atom stereocenters. The van der Waals surface area contributed by atoms with Crippen LogP contribution in [0.15, 0.2) is 34.9 Å². The number of rotatable bonds is 4. The molecule has 1 aromatic heterocycles. The number of nitrogens with zero attached hydrogens (tertiary/aromatic N) is 2. The molecule has 0 saturated carbocycles. The van der Waals surface area contributed by atoms with Gasteiger partial charge in [0.05, 0.1) is 11.4 Å². The molecular weight excluding hydrogens is 290 g/mol. The van der Waals surface area contributed by atoms with Gasteiger partial charge < -0.3 is 9.88 Å². The van der Waals surface area contributed by atoms with Gasteiger partial charge >= 0.3 is 0 Å². The van der Waals surface area contributed by atoms with E-state index in [4.69, 9.17) is 0 Å². The molecule has 0 saturated heterocycles. The molecule has 0 aliphatic heterocycles. The average molecular weight is 308 g/mol. The Kier molecular flexibility index (Phi) is 4.07. The Balaban J connectivity index is 2.26. The fraction of sp³-hybridized carbons (Fsp3) is 0.357. The van der Waals surface area contributed by atoms with Gasteiger partial charge in [0.25, 0.3) is 0 Å². The van der Waals surface area contributed by atoms with Crippen molar-refractivity contribution >= 4 is 27.6 Å². The monoisotopic (exact) mass is 307 g/mol. The summed E-state index contributed by atoms with van der Waals surface area (Å²) in [5, 5.41) is 3.37. The Morgan fingerprint density at radius 3 is 2.72 bits per heavy atom. The third kappa shape index (κ3) is 3.13. The van der Waals surface area contributed by atoms with E-state index < -0.39 is 0 Å². The van der Waals surface area contributed by atoms with Crippen LogP contribution in [0.25, 0.3) is 0 Å². The lowest BCUT2D eigenvalue weighted by atomic mass is 10.2. The van der Waals surface area contributed by atoms with Crippen molar-refractivity contribution < 1.29 is 0 Å². The number of hydrogen-bond donors (Lipinski definition) is 1. The zero-order valence-electron chi connectivity index (χ0n) is 10.9. The second-order valence-corrected chi connectivity index (χ2v) is 5.71. The molecule has 0 spiro atoms. The maximum atomic E-state index is 4.53. The smallest absolute Gasteiger partial charge is 0.207 e. The maximum absolute atomic E-state index is 4.53. The van der Waals surface area contributed by atoms with Crippen LogP contribution in [0.4, 0.5) is 11.6 Å². The van der Waals surface area contributed by atoms with E-state index in [1.807, 2.05) is 31.2 Å². The van der Waals surface area contributed by atoms with Gasteiger partial charge in [-0.1, -0.05) is 26.0 Å². The van der Waals surface area contributed by atoms with Crippen LogP contribution in [0.5, 0.6) is 0 Å². The molecule has 0 aliphatic rings. The van der Waals surface area contributed by atoms with Crippen LogP contribution >= 0.6 is 15.9 Å². The maximum Gasteiger partial charge on any atom is 0.207 e. The molecule has 18 heavy (non-hydrogen) atoms. The lowest BCUT2D eigenvalue weighted by molar-refractivity contribution is 0.527. The molecule has 1 heterocycles. The molecule has 1 aromatic carbocycles. The minimum Gasteiger partial charge on any atom is -0.325 e. The number of anilines is 2. The molecule has 0 amide bonds. The molecule has 0 radical (unpaired) electrons. The van der Waals surface area contributed by atoms with E-state index in [9.17, 15) is 0 Å². The molecule has 3 nitrogen and oxygen atoms in total. The number of halogens is 1. The molecule has 4 heteroatoms. The topological polar surface area (TPSA) is 29.9 Å². The highest BCUT2D eigenvalue weighted by Gasteiger charge is 2.08. The Morgan fingerprint density at radius 2 is 2.06 bits per heavy atom. The number of benzene rings is 1. The van der Waals surface area contributed by atoms with Crippen molar-refractivity contribution in [2.45, 2.75) is 27.3 Å². The Hall–Kier alpha value is -1.29. The zero-order chi connectivity index (χ0) is 13.1. The van der Waals surface area contributed by atoms with Crippen molar-refractivity contribution in [2.75, 3.05) is 5.32 Å². The second-order valence-electron chi connectivity index (χ2n) is 4.86. The highest BCUT2D eigenvalue weighted by Crippen LogP contribution is 2.25. The fourth-order valence-electron chi connectivity index (χ4n) is 1.86. The number of aromatic nitrogens is 2. The minimum absolute atomic E-state index is 0.596. The Morgan fingerprint density at radius 1 is 1.33 bits per heavy atom. The largest absolute Gasteiger partial charge is 0.325 e. The summed E-state index contributed by atoms with van der Waals surface area (Å²) in [7, 11) is 0. The van der Waals surface area contributed by atoms with Crippen molar-refractivity contribution in [3.63, 3.8) is 0 Å². The van der Waals surface area contributed by atoms with Gasteiger partial charge in [0.2, 0.25) is 5.95 Å². The molecule has 0 bridgehead atoms. The number of aryl methyl sites for hydroxylation is 1. The molecule has 0 atom stereocenters. The van der Waals surface area contributed by atoms with E-state index in [0.717, 1.165) is 28.3 Å². The number of para-hydroxylation sites is 1. The summed E-state index contributed by atoms with van der Waals surface area (Å²) in [6, 6.07) is 8.06. The van der Waals surface area contributed by atoms with Crippen LogP contribution in [0.1, 0.15) is 19.5 Å². The number of hydrogen-bond acceptors (Lipinski definition) is 2. The summed E-state index contributed by atoms with van der Waals surface area (Å²) in [5.74, 6) is 1.49. The first-order valence-corrected chi connectivity index (χ1v) is 6.91. The summed E-state index contributed by atoms with van der Waals surface area (Å²) >= 11 is 3.54. The molecule has 2 rings (SSSR count). The summed E-state index contributed by atoms with van der Waals surface area (Å²) in [4.78, 5) is 4.53. The van der Waals surface area contributed by atoms with Crippen LogP contribution in [-0.2, 0) is 6.54 Å². The fourth-order valence-corrected chi connectivity index (χ4v) is 2.25. The van der Waals surface area contributed by atoms with E-state index in [2.05, 4.69) is 50.8 Å². The van der Waals surface area contributed by atoms with Crippen molar-refractivity contribution in [2.24, 2.45) is 5.92 Å². The SMILES string of the molecule is Cc1cn(CC(C)C)c(Nc2ccccc2Br)n1. The summed E-state index contributed by atoms with van der Waals surface area (Å²) in [5.41, 5.74) is 2.07. The normalized spacial score (nSPS) is 10.9. The first-order valence-electron chi connectivity index (χ1n) is 6.11. The molecule has 1 N–H and O–H groups in total. The molecule has 0 aliphatic carbocycles. The summed E-state index contributed by atoms with van der Waals surface area (Å²) < 4.78 is 3.21. The predicted molar refractivity (Wildman–Crippen MR) is 79.2 cm³/mol. The van der Waals surface area contributed by atoms with Crippen molar-refractivity contribution in [1.29, 1.82) is 0 Å². The Labute approximate surface area is 116 Å². The van der Waals surface area contributed by atoms with Gasteiger partial charge in [0.15, 0.2) is 0 Å². The second kappa shape index (κ2) is 5.57. The Bertz CT molecular complexity index is 532. The first kappa shape index (κ1) is 13.1. The third-order valence-corrected chi connectivity index (χ3v) is 3.27.